The number of nitrogens with zero attached hydrogens (tertiary/aromatic N) is 1. The minimum atomic E-state index is -1.50. The van der Waals surface area contributed by atoms with Crippen LogP contribution >= 0.6 is 0 Å². The molecule has 5 nitrogen and oxygen atoms in total. The molecule has 0 saturated heterocycles. The van der Waals surface area contributed by atoms with Crippen molar-refractivity contribution >= 4 is 5.69 Å². The highest BCUT2D eigenvalue weighted by Gasteiger charge is 2.31. The van der Waals surface area contributed by atoms with Gasteiger partial charge in [0.1, 0.15) is 0 Å². The Hall–Kier alpha value is -1.60. The molecule has 1 unspecified atom stereocenters. The monoisotopic (exact) mass is 232 g/mol. The number of hydrogen-bond acceptors (Lipinski definition) is 4. The van der Waals surface area contributed by atoms with Crippen molar-refractivity contribution in [1.82, 2.24) is 0 Å². The molecule has 1 aromatic carbocycles. The molecule has 0 aliphatic carbocycles. The van der Waals surface area contributed by atoms with Gasteiger partial charge in [-0.05, 0) is 13.0 Å². The molecule has 0 radical (unpaired) electrons. The molecule has 0 aliphatic rings. The summed E-state index contributed by atoms with van der Waals surface area (Å²) in [7, 11) is 0. The lowest BCUT2D eigenvalue weighted by molar-refractivity contribution is -0.386. The lowest BCUT2D eigenvalue weighted by Crippen LogP contribution is -2.37. The summed E-state index contributed by atoms with van der Waals surface area (Å²) in [4.78, 5) is 9.75. The zero-order valence-electron chi connectivity index (χ0n) is 8.41. The van der Waals surface area contributed by atoms with Crippen molar-refractivity contribution in [2.45, 2.75) is 12.5 Å². The highest BCUT2D eigenvalue weighted by atomic mass is 19.2. The Morgan fingerprint density at radius 2 is 2.00 bits per heavy atom. The number of aliphatic hydroxyl groups is 1. The molecule has 0 saturated carbocycles. The first-order chi connectivity index (χ1) is 7.29. The van der Waals surface area contributed by atoms with Gasteiger partial charge in [0.2, 0.25) is 0 Å². The van der Waals surface area contributed by atoms with Crippen LogP contribution in [0.1, 0.15) is 12.5 Å². The van der Waals surface area contributed by atoms with Gasteiger partial charge in [-0.3, -0.25) is 10.1 Å². The number of nitro benzene ring substituents is 1. The fourth-order valence-electron chi connectivity index (χ4n) is 1.23. The van der Waals surface area contributed by atoms with Gasteiger partial charge in [-0.15, -0.1) is 0 Å². The van der Waals surface area contributed by atoms with E-state index in [1.54, 1.807) is 0 Å². The van der Waals surface area contributed by atoms with Gasteiger partial charge in [0.05, 0.1) is 28.7 Å². The molecule has 0 amide bonds. The number of hydrogen-bond donors (Lipinski definition) is 2. The second-order valence-electron chi connectivity index (χ2n) is 3.62. The molecule has 3 N–H and O–H groups in total. The first-order valence-electron chi connectivity index (χ1n) is 4.33. The zero-order chi connectivity index (χ0) is 12.5. The summed E-state index contributed by atoms with van der Waals surface area (Å²) in [5, 5.41) is 19.6. The normalized spacial score (nSPS) is 14.6. The van der Waals surface area contributed by atoms with Crippen molar-refractivity contribution in [3.05, 3.63) is 39.4 Å². The van der Waals surface area contributed by atoms with Gasteiger partial charge >= 0.3 is 0 Å². The summed E-state index contributed by atoms with van der Waals surface area (Å²) < 4.78 is 25.8. The second kappa shape index (κ2) is 4.11. The molecule has 88 valence electrons. The van der Waals surface area contributed by atoms with E-state index < -0.39 is 34.4 Å². The molecular weight excluding hydrogens is 222 g/mol. The Kier molecular flexibility index (Phi) is 3.20. The van der Waals surface area contributed by atoms with Crippen LogP contribution in [0.25, 0.3) is 0 Å². The maximum absolute atomic E-state index is 13.0. The third-order valence-corrected chi connectivity index (χ3v) is 2.18. The third kappa shape index (κ3) is 2.15. The molecule has 0 fully saturated rings. The predicted octanol–water partition coefficient (Wildman–Crippen LogP) is 1.04. The van der Waals surface area contributed by atoms with Gasteiger partial charge in [-0.25, -0.2) is 8.78 Å². The van der Waals surface area contributed by atoms with Crippen molar-refractivity contribution in [1.29, 1.82) is 0 Å². The molecule has 1 atom stereocenters. The molecule has 0 heterocycles. The molecule has 0 spiro atoms. The van der Waals surface area contributed by atoms with E-state index in [0.29, 0.717) is 12.1 Å². The summed E-state index contributed by atoms with van der Waals surface area (Å²) in [5.41, 5.74) is 3.14. The van der Waals surface area contributed by atoms with Crippen molar-refractivity contribution in [3.63, 3.8) is 0 Å². The maximum atomic E-state index is 13.0. The van der Waals surface area contributed by atoms with Crippen LogP contribution < -0.4 is 5.73 Å². The number of halogens is 2. The van der Waals surface area contributed by atoms with Crippen molar-refractivity contribution in [2.24, 2.45) is 5.73 Å². The molecule has 0 aliphatic heterocycles. The second-order valence-corrected chi connectivity index (χ2v) is 3.62. The number of aliphatic hydroxyl groups excluding tert-OH is 1. The largest absolute Gasteiger partial charge is 0.394 e. The summed E-state index contributed by atoms with van der Waals surface area (Å²) in [6.45, 7) is 0.658. The highest BCUT2D eigenvalue weighted by molar-refractivity contribution is 5.45. The van der Waals surface area contributed by atoms with Crippen molar-refractivity contribution in [2.75, 3.05) is 6.61 Å². The topological polar surface area (TPSA) is 89.4 Å². The lowest BCUT2D eigenvalue weighted by Gasteiger charge is -2.21. The molecule has 16 heavy (non-hydrogen) atoms. The fraction of sp³-hybridized carbons (Fsp3) is 0.333. The molecule has 0 bridgehead atoms. The molecule has 1 rings (SSSR count). The number of nitro groups is 1. The van der Waals surface area contributed by atoms with Crippen LogP contribution in [0.15, 0.2) is 12.1 Å². The van der Waals surface area contributed by atoms with Crippen LogP contribution in [0.4, 0.5) is 14.5 Å². The van der Waals surface area contributed by atoms with E-state index in [0.717, 1.165) is 0 Å². The Morgan fingerprint density at radius 1 is 1.50 bits per heavy atom. The van der Waals surface area contributed by atoms with Crippen LogP contribution in [0.3, 0.4) is 0 Å². The van der Waals surface area contributed by atoms with Crippen molar-refractivity contribution in [3.8, 4) is 0 Å². The fourth-order valence-corrected chi connectivity index (χ4v) is 1.23. The van der Waals surface area contributed by atoms with E-state index in [2.05, 4.69) is 0 Å². The van der Waals surface area contributed by atoms with E-state index >= 15 is 0 Å². The quantitative estimate of drug-likeness (QED) is 0.601. The Labute approximate surface area is 89.6 Å². The highest BCUT2D eigenvalue weighted by Crippen LogP contribution is 2.29. The van der Waals surface area contributed by atoms with Crippen LogP contribution in [-0.4, -0.2) is 16.6 Å². The van der Waals surface area contributed by atoms with E-state index in [-0.39, 0.29) is 5.56 Å². The Morgan fingerprint density at radius 3 is 2.44 bits per heavy atom. The summed E-state index contributed by atoms with van der Waals surface area (Å²) >= 11 is 0. The van der Waals surface area contributed by atoms with Crippen LogP contribution in [0, 0.1) is 21.7 Å². The number of rotatable bonds is 3. The molecule has 1 aromatic rings. The summed E-state index contributed by atoms with van der Waals surface area (Å²) in [6, 6.07) is 1.08. The van der Waals surface area contributed by atoms with E-state index in [1.807, 2.05) is 0 Å². The van der Waals surface area contributed by atoms with Crippen molar-refractivity contribution < 1.29 is 18.8 Å². The average molecular weight is 232 g/mol. The van der Waals surface area contributed by atoms with Gasteiger partial charge in [-0.2, -0.15) is 0 Å². The van der Waals surface area contributed by atoms with E-state index in [4.69, 9.17) is 10.8 Å². The summed E-state index contributed by atoms with van der Waals surface area (Å²) in [5.74, 6) is -2.57. The minimum absolute atomic E-state index is 0.251. The van der Waals surface area contributed by atoms with Crippen LogP contribution in [0.2, 0.25) is 0 Å². The Balaban J connectivity index is 3.48. The smallest absolute Gasteiger partial charge is 0.277 e. The average Bonchev–Trinajstić information content (AvgIpc) is 2.21. The first-order valence-corrected chi connectivity index (χ1v) is 4.33. The third-order valence-electron chi connectivity index (χ3n) is 2.18. The molecule has 7 heteroatoms. The van der Waals surface area contributed by atoms with E-state index in [9.17, 15) is 18.9 Å². The van der Waals surface area contributed by atoms with Crippen LogP contribution in [0.5, 0.6) is 0 Å². The predicted molar refractivity (Wildman–Crippen MR) is 51.6 cm³/mol. The molecule has 0 aromatic heterocycles. The van der Waals surface area contributed by atoms with Gasteiger partial charge in [0, 0.05) is 0 Å². The van der Waals surface area contributed by atoms with Gasteiger partial charge in [0.15, 0.2) is 11.6 Å². The maximum Gasteiger partial charge on any atom is 0.277 e. The van der Waals surface area contributed by atoms with Crippen LogP contribution in [-0.2, 0) is 5.54 Å². The Bertz CT molecular complexity index is 435. The SMILES string of the molecule is CC(N)(CO)c1cc(F)c(F)cc1[N+](=O)[O-]. The van der Waals surface area contributed by atoms with E-state index in [1.165, 1.54) is 6.92 Å². The van der Waals surface area contributed by atoms with Gasteiger partial charge < -0.3 is 10.8 Å². The van der Waals surface area contributed by atoms with Gasteiger partial charge in [-0.1, -0.05) is 0 Å². The minimum Gasteiger partial charge on any atom is -0.394 e. The lowest BCUT2D eigenvalue weighted by atomic mass is 9.92. The number of nitrogens with two attached hydrogens (primary N) is 1. The molecular formula is C9H10F2N2O3. The number of benzene rings is 1. The first kappa shape index (κ1) is 12.5. The summed E-state index contributed by atoms with van der Waals surface area (Å²) in [6.07, 6.45) is 0. The standard InChI is InChI=1S/C9H10F2N2O3/c1-9(12,4-14)5-2-6(10)7(11)3-8(5)13(15)16/h2-3,14H,4,12H2,1H3. The zero-order valence-corrected chi connectivity index (χ0v) is 8.41. The van der Waals surface area contributed by atoms with Gasteiger partial charge in [0.25, 0.3) is 5.69 Å².